The number of benzene rings is 1. The molecule has 0 fully saturated rings. The summed E-state index contributed by atoms with van der Waals surface area (Å²) in [5, 5.41) is 7.63. The van der Waals surface area contributed by atoms with Crippen LogP contribution in [0.3, 0.4) is 0 Å². The molecule has 4 rings (SSSR count). The highest BCUT2D eigenvalue weighted by Gasteiger charge is 2.25. The molecule has 27 heavy (non-hydrogen) atoms. The summed E-state index contributed by atoms with van der Waals surface area (Å²) in [4.78, 5) is 26.2. The third-order valence-electron chi connectivity index (χ3n) is 4.63. The second-order valence-corrected chi connectivity index (χ2v) is 6.56. The summed E-state index contributed by atoms with van der Waals surface area (Å²) in [5.41, 5.74) is 2.99. The quantitative estimate of drug-likeness (QED) is 0.755. The molecule has 0 saturated heterocycles. The van der Waals surface area contributed by atoms with Crippen molar-refractivity contribution >= 4 is 17.6 Å². The number of aryl methyl sites for hydroxylation is 1. The maximum atomic E-state index is 12.6. The Bertz CT molecular complexity index is 961. The summed E-state index contributed by atoms with van der Waals surface area (Å²) in [6.07, 6.45) is 4.27. The fourth-order valence-electron chi connectivity index (χ4n) is 3.32. The van der Waals surface area contributed by atoms with Crippen molar-refractivity contribution in [1.82, 2.24) is 14.7 Å². The molecular weight excluding hydrogens is 344 g/mol. The maximum absolute atomic E-state index is 12.6. The molecular formula is C20H20N4O3. The van der Waals surface area contributed by atoms with E-state index >= 15 is 0 Å². The number of aromatic nitrogens is 2. The highest BCUT2D eigenvalue weighted by atomic mass is 16.3. The van der Waals surface area contributed by atoms with Crippen LogP contribution in [0.1, 0.15) is 28.2 Å². The molecule has 0 saturated carbocycles. The lowest BCUT2D eigenvalue weighted by molar-refractivity contribution is -0.116. The van der Waals surface area contributed by atoms with Crippen LogP contribution in [-0.4, -0.2) is 40.1 Å². The van der Waals surface area contributed by atoms with E-state index in [0.29, 0.717) is 5.82 Å². The monoisotopic (exact) mass is 364 g/mol. The van der Waals surface area contributed by atoms with Crippen LogP contribution in [0.2, 0.25) is 0 Å². The minimum Gasteiger partial charge on any atom is -0.459 e. The zero-order chi connectivity index (χ0) is 18.8. The third kappa shape index (κ3) is 3.36. The highest BCUT2D eigenvalue weighted by molar-refractivity contribution is 5.98. The van der Waals surface area contributed by atoms with Crippen LogP contribution in [0.4, 0.5) is 5.82 Å². The van der Waals surface area contributed by atoms with E-state index in [2.05, 4.69) is 10.4 Å². The average molecular weight is 364 g/mol. The number of anilines is 1. The van der Waals surface area contributed by atoms with Crippen LogP contribution in [0.5, 0.6) is 0 Å². The maximum Gasteiger partial charge on any atom is 0.289 e. The van der Waals surface area contributed by atoms with Crippen LogP contribution >= 0.6 is 0 Å². The van der Waals surface area contributed by atoms with Crippen LogP contribution in [0.25, 0.3) is 5.69 Å². The molecule has 7 heteroatoms. The summed E-state index contributed by atoms with van der Waals surface area (Å²) in [6.45, 7) is -0.0751. The van der Waals surface area contributed by atoms with Gasteiger partial charge in [0.1, 0.15) is 12.4 Å². The van der Waals surface area contributed by atoms with E-state index in [1.165, 1.54) is 11.2 Å². The van der Waals surface area contributed by atoms with Crippen LogP contribution in [0.15, 0.2) is 53.1 Å². The molecule has 1 aliphatic rings. The van der Waals surface area contributed by atoms with Gasteiger partial charge in [-0.2, -0.15) is 5.10 Å². The number of hydrogen-bond acceptors (Lipinski definition) is 4. The molecule has 1 aromatic carbocycles. The fourth-order valence-corrected chi connectivity index (χ4v) is 3.32. The molecule has 0 atom stereocenters. The van der Waals surface area contributed by atoms with Crippen molar-refractivity contribution in [3.8, 4) is 5.69 Å². The standard InChI is InChI=1S/C20H20N4O3/c1-23(20(26)17-11-6-12-27-17)13-18(25)21-19-15-9-5-10-16(15)22-24(19)14-7-3-2-4-8-14/h2-4,6-8,11-12H,5,9-10,13H2,1H3,(H,21,25). The summed E-state index contributed by atoms with van der Waals surface area (Å²) < 4.78 is 6.88. The second kappa shape index (κ2) is 7.11. The van der Waals surface area contributed by atoms with Gasteiger partial charge >= 0.3 is 0 Å². The number of para-hydroxylation sites is 1. The van der Waals surface area contributed by atoms with E-state index in [1.807, 2.05) is 30.3 Å². The molecule has 0 bridgehead atoms. The molecule has 138 valence electrons. The van der Waals surface area contributed by atoms with Crippen molar-refractivity contribution in [2.24, 2.45) is 0 Å². The molecule has 0 radical (unpaired) electrons. The van der Waals surface area contributed by atoms with Gasteiger partial charge in [0, 0.05) is 12.6 Å². The first-order chi connectivity index (χ1) is 13.1. The van der Waals surface area contributed by atoms with E-state index < -0.39 is 0 Å². The molecule has 7 nitrogen and oxygen atoms in total. The van der Waals surface area contributed by atoms with E-state index in [9.17, 15) is 9.59 Å². The van der Waals surface area contributed by atoms with Gasteiger partial charge in [0.2, 0.25) is 5.91 Å². The smallest absolute Gasteiger partial charge is 0.289 e. The lowest BCUT2D eigenvalue weighted by atomic mass is 10.2. The molecule has 2 aromatic heterocycles. The summed E-state index contributed by atoms with van der Waals surface area (Å²) in [7, 11) is 1.57. The van der Waals surface area contributed by atoms with E-state index in [4.69, 9.17) is 4.42 Å². The molecule has 1 aliphatic carbocycles. The number of hydrogen-bond donors (Lipinski definition) is 1. The van der Waals surface area contributed by atoms with Gasteiger partial charge in [-0.05, 0) is 43.5 Å². The van der Waals surface area contributed by atoms with Crippen molar-refractivity contribution in [2.45, 2.75) is 19.3 Å². The van der Waals surface area contributed by atoms with Gasteiger partial charge in [0.05, 0.1) is 17.6 Å². The number of nitrogens with zero attached hydrogens (tertiary/aromatic N) is 3. The summed E-state index contributed by atoms with van der Waals surface area (Å²) in [5.74, 6) is 0.291. The van der Waals surface area contributed by atoms with Gasteiger partial charge in [-0.15, -0.1) is 0 Å². The Labute approximate surface area is 156 Å². The number of fused-ring (bicyclic) bond motifs is 1. The van der Waals surface area contributed by atoms with Crippen molar-refractivity contribution in [2.75, 3.05) is 18.9 Å². The van der Waals surface area contributed by atoms with Gasteiger partial charge < -0.3 is 14.6 Å². The third-order valence-corrected chi connectivity index (χ3v) is 4.63. The highest BCUT2D eigenvalue weighted by Crippen LogP contribution is 2.30. The predicted octanol–water partition coefficient (Wildman–Crippen LogP) is 2.66. The van der Waals surface area contributed by atoms with Crippen LogP contribution in [-0.2, 0) is 17.6 Å². The van der Waals surface area contributed by atoms with Gasteiger partial charge in [-0.1, -0.05) is 18.2 Å². The van der Waals surface area contributed by atoms with E-state index in [0.717, 1.165) is 36.2 Å². The first-order valence-corrected chi connectivity index (χ1v) is 8.88. The van der Waals surface area contributed by atoms with Crippen molar-refractivity contribution in [3.63, 3.8) is 0 Å². The Morgan fingerprint density at radius 3 is 2.74 bits per heavy atom. The first-order valence-electron chi connectivity index (χ1n) is 8.88. The van der Waals surface area contributed by atoms with E-state index in [1.54, 1.807) is 23.9 Å². The zero-order valence-corrected chi connectivity index (χ0v) is 15.0. The average Bonchev–Trinajstić information content (AvgIpc) is 3.40. The van der Waals surface area contributed by atoms with Crippen molar-refractivity contribution in [1.29, 1.82) is 0 Å². The number of likely N-dealkylation sites (N-methyl/N-ethyl adjacent to an activating group) is 1. The van der Waals surface area contributed by atoms with Gasteiger partial charge in [0.15, 0.2) is 5.76 Å². The van der Waals surface area contributed by atoms with Crippen molar-refractivity contribution in [3.05, 3.63) is 65.7 Å². The van der Waals surface area contributed by atoms with Gasteiger partial charge in [-0.3, -0.25) is 9.59 Å². The molecule has 0 aliphatic heterocycles. The summed E-state index contributed by atoms with van der Waals surface area (Å²) >= 11 is 0. The SMILES string of the molecule is CN(CC(=O)Nc1c2c(nn1-c1ccccc1)CCC2)C(=O)c1ccco1. The van der Waals surface area contributed by atoms with E-state index in [-0.39, 0.29) is 24.1 Å². The van der Waals surface area contributed by atoms with Crippen molar-refractivity contribution < 1.29 is 14.0 Å². The van der Waals surface area contributed by atoms with Crippen LogP contribution in [0, 0.1) is 0 Å². The molecule has 2 amide bonds. The Morgan fingerprint density at radius 1 is 1.19 bits per heavy atom. The number of furan rings is 1. The Hall–Kier alpha value is -3.35. The lowest BCUT2D eigenvalue weighted by Gasteiger charge is -2.16. The number of amides is 2. The number of carbonyl (C=O) groups excluding carboxylic acids is 2. The molecule has 0 unspecified atom stereocenters. The van der Waals surface area contributed by atoms with Gasteiger partial charge in [0.25, 0.3) is 5.91 Å². The molecule has 1 N–H and O–H groups in total. The minimum atomic E-state index is -0.336. The normalized spacial score (nSPS) is 12.6. The number of nitrogens with one attached hydrogen (secondary N) is 1. The predicted molar refractivity (Wildman–Crippen MR) is 99.9 cm³/mol. The Morgan fingerprint density at radius 2 is 2.00 bits per heavy atom. The zero-order valence-electron chi connectivity index (χ0n) is 15.0. The summed E-state index contributed by atoms with van der Waals surface area (Å²) in [6, 6.07) is 12.9. The van der Waals surface area contributed by atoms with Crippen LogP contribution < -0.4 is 5.32 Å². The number of carbonyl (C=O) groups is 2. The molecule has 2 heterocycles. The fraction of sp³-hybridized carbons (Fsp3) is 0.250. The Balaban J connectivity index is 1.54. The first kappa shape index (κ1) is 17.1. The Kier molecular flexibility index (Phi) is 4.50. The largest absolute Gasteiger partial charge is 0.459 e. The minimum absolute atomic E-state index is 0.0751. The lowest BCUT2D eigenvalue weighted by Crippen LogP contribution is -2.35. The second-order valence-electron chi connectivity index (χ2n) is 6.56. The van der Waals surface area contributed by atoms with Gasteiger partial charge in [-0.25, -0.2) is 4.68 Å². The topological polar surface area (TPSA) is 80.4 Å². The molecule has 3 aromatic rings. The number of rotatable bonds is 5. The molecule has 0 spiro atoms.